The first-order valence-corrected chi connectivity index (χ1v) is 14.6. The quantitative estimate of drug-likeness (QED) is 0.358. The fourth-order valence-corrected chi connectivity index (χ4v) is 5.97. The maximum Gasteiger partial charge on any atom is 0.332 e. The maximum atomic E-state index is 13.0. The summed E-state index contributed by atoms with van der Waals surface area (Å²) in [6.07, 6.45) is 7.68. The maximum absolute atomic E-state index is 13.0. The van der Waals surface area contributed by atoms with Gasteiger partial charge in [-0.05, 0) is 69.6 Å². The minimum Gasteiger partial charge on any atom is -0.467 e. The van der Waals surface area contributed by atoms with Crippen LogP contribution < -0.4 is 10.7 Å². The van der Waals surface area contributed by atoms with Gasteiger partial charge in [0.05, 0.1) is 13.2 Å². The fourth-order valence-electron chi connectivity index (χ4n) is 5.97. The normalized spacial score (nSPS) is 31.0. The highest BCUT2D eigenvalue weighted by atomic mass is 16.5. The number of hydrogen-bond acceptors (Lipinski definition) is 6. The van der Waals surface area contributed by atoms with Crippen LogP contribution in [0.5, 0.6) is 0 Å². The zero-order chi connectivity index (χ0) is 29.9. The zero-order valence-corrected chi connectivity index (χ0v) is 24.7. The highest BCUT2D eigenvalue weighted by Gasteiger charge is 2.62. The van der Waals surface area contributed by atoms with E-state index in [4.69, 9.17) is 4.74 Å². The Morgan fingerprint density at radius 3 is 2.59 bits per heavy atom. The van der Waals surface area contributed by atoms with Gasteiger partial charge in [-0.1, -0.05) is 32.1 Å². The molecule has 3 N–H and O–H groups in total. The van der Waals surface area contributed by atoms with Gasteiger partial charge < -0.3 is 25.0 Å². The number of allylic oxidation sites excluding steroid dienone is 1. The number of carbonyl (C=O) groups excluding carboxylic acids is 3. The van der Waals surface area contributed by atoms with Crippen LogP contribution in [-0.4, -0.2) is 64.1 Å². The molecule has 0 radical (unpaired) electrons. The van der Waals surface area contributed by atoms with Gasteiger partial charge in [-0.15, -0.1) is 0 Å². The molecule has 2 aliphatic heterocycles. The number of aliphatic hydroxyl groups excluding tert-OH is 1. The number of carbonyl (C=O) groups is 3. The number of hydrogen-bond donors (Lipinski definition) is 3. The molecule has 3 heterocycles. The van der Waals surface area contributed by atoms with Crippen LogP contribution in [0.3, 0.4) is 0 Å². The molecule has 1 unspecified atom stereocenters. The molecule has 5 rings (SSSR count). The predicted octanol–water partition coefficient (Wildman–Crippen LogP) is 3.54. The number of esters is 1. The van der Waals surface area contributed by atoms with E-state index in [-0.39, 0.29) is 42.0 Å². The Balaban J connectivity index is 0.000000247. The van der Waals surface area contributed by atoms with E-state index in [1.807, 2.05) is 45.0 Å². The number of aromatic amines is 1. The van der Waals surface area contributed by atoms with E-state index in [0.29, 0.717) is 12.3 Å². The Morgan fingerprint density at radius 1 is 1.10 bits per heavy atom. The van der Waals surface area contributed by atoms with Gasteiger partial charge in [0, 0.05) is 47.5 Å². The minimum absolute atomic E-state index is 0.0891. The van der Waals surface area contributed by atoms with Crippen molar-refractivity contribution in [2.45, 2.75) is 83.9 Å². The summed E-state index contributed by atoms with van der Waals surface area (Å²) in [6.45, 7) is 8.14. The van der Waals surface area contributed by atoms with Gasteiger partial charge in [0.1, 0.15) is 11.6 Å². The van der Waals surface area contributed by atoms with E-state index < -0.39 is 23.7 Å². The average molecular weight is 566 g/mol. The summed E-state index contributed by atoms with van der Waals surface area (Å²) < 4.78 is 4.94. The van der Waals surface area contributed by atoms with E-state index in [0.717, 1.165) is 47.8 Å². The van der Waals surface area contributed by atoms with E-state index in [1.165, 1.54) is 12.0 Å². The van der Waals surface area contributed by atoms with E-state index in [1.54, 1.807) is 6.07 Å². The van der Waals surface area contributed by atoms with Crippen molar-refractivity contribution >= 4 is 28.7 Å². The van der Waals surface area contributed by atoms with Crippen molar-refractivity contribution in [1.29, 1.82) is 0 Å². The standard InChI is InChI=1S/C21H32N2O5.C11H11NO/c1-13-6-4-5-7-15-11-21(15,20(27)28-3)22-18(25)17-10-16(24)12-23(17)19(26)14(2)9-8-13;1-7-3-4-9-10(5-7)12-8(2)6-11(9)13/h5,7,13-17,24H,4,6,8-12H2,1-3H3,(H,22,25);3-6H,1-2H3,(H,12,13)/b7-5-;/t13-,14-,15?,16-,17-,21+;/m0./s1. The lowest BCUT2D eigenvalue weighted by Crippen LogP contribution is -2.53. The molecule has 2 amide bonds. The molecule has 1 aliphatic carbocycles. The number of aliphatic hydroxyl groups is 1. The first kappa shape index (κ1) is 30.5. The molecule has 0 bridgehead atoms. The number of rotatable bonds is 1. The first-order chi connectivity index (χ1) is 19.4. The van der Waals surface area contributed by atoms with Crippen LogP contribution in [0, 0.1) is 31.6 Å². The van der Waals surface area contributed by atoms with Crippen molar-refractivity contribution in [2.24, 2.45) is 17.8 Å². The fraction of sp³-hybridized carbons (Fsp3) is 0.562. The number of amides is 2. The summed E-state index contributed by atoms with van der Waals surface area (Å²) in [6, 6.07) is 6.68. The molecule has 1 saturated carbocycles. The lowest BCUT2D eigenvalue weighted by molar-refractivity contribution is -0.148. The molecule has 1 saturated heterocycles. The molecule has 1 aromatic carbocycles. The van der Waals surface area contributed by atoms with Crippen LogP contribution >= 0.6 is 0 Å². The number of aromatic nitrogens is 1. The Kier molecular flexibility index (Phi) is 9.37. The summed E-state index contributed by atoms with van der Waals surface area (Å²) in [5.41, 5.74) is 2.02. The van der Waals surface area contributed by atoms with Crippen LogP contribution in [0.2, 0.25) is 0 Å². The molecular weight excluding hydrogens is 522 g/mol. The van der Waals surface area contributed by atoms with Crippen molar-refractivity contribution in [3.63, 3.8) is 0 Å². The van der Waals surface area contributed by atoms with Gasteiger partial charge >= 0.3 is 5.97 Å². The molecule has 9 nitrogen and oxygen atoms in total. The van der Waals surface area contributed by atoms with Gasteiger partial charge in [-0.2, -0.15) is 0 Å². The third kappa shape index (κ3) is 6.89. The summed E-state index contributed by atoms with van der Waals surface area (Å²) in [7, 11) is 1.32. The Morgan fingerprint density at radius 2 is 1.85 bits per heavy atom. The largest absolute Gasteiger partial charge is 0.467 e. The van der Waals surface area contributed by atoms with Crippen LogP contribution in [0.15, 0.2) is 41.2 Å². The highest BCUT2D eigenvalue weighted by Crippen LogP contribution is 2.46. The lowest BCUT2D eigenvalue weighted by atomic mass is 9.93. The number of H-pyrrole nitrogens is 1. The average Bonchev–Trinajstić information content (AvgIpc) is 3.48. The molecule has 2 aromatic rings. The monoisotopic (exact) mass is 565 g/mol. The second-order valence-corrected chi connectivity index (χ2v) is 12.1. The molecule has 3 aliphatic rings. The van der Waals surface area contributed by atoms with E-state index in [9.17, 15) is 24.3 Å². The second-order valence-electron chi connectivity index (χ2n) is 12.1. The highest BCUT2D eigenvalue weighted by molar-refractivity contribution is 5.95. The van der Waals surface area contributed by atoms with Crippen LogP contribution in [0.1, 0.15) is 63.6 Å². The SMILES string of the molecule is COC(=O)[C@@]12CC1/C=C\CC[C@H](C)CC[C@H](C)C(=O)N1C[C@@H](O)C[C@H]1C(=O)N2.Cc1ccc2c(=O)cc(C)[nH]c2c1. The zero-order valence-electron chi connectivity index (χ0n) is 24.7. The summed E-state index contributed by atoms with van der Waals surface area (Å²) in [4.78, 5) is 54.5. The Hall–Kier alpha value is -3.46. The molecule has 6 atom stereocenters. The van der Waals surface area contributed by atoms with Gasteiger partial charge in [-0.3, -0.25) is 14.4 Å². The molecule has 0 spiro atoms. The minimum atomic E-state index is -1.05. The molecule has 9 heteroatoms. The molecule has 41 heavy (non-hydrogen) atoms. The molecule has 222 valence electrons. The van der Waals surface area contributed by atoms with Crippen molar-refractivity contribution in [2.75, 3.05) is 13.7 Å². The summed E-state index contributed by atoms with van der Waals surface area (Å²) >= 11 is 0. The first-order valence-electron chi connectivity index (χ1n) is 14.6. The smallest absolute Gasteiger partial charge is 0.332 e. The number of fused-ring (bicyclic) bond motifs is 3. The number of nitrogens with one attached hydrogen (secondary N) is 2. The third-order valence-electron chi connectivity index (χ3n) is 8.60. The number of aryl methyl sites for hydroxylation is 2. The summed E-state index contributed by atoms with van der Waals surface area (Å²) in [5.74, 6) is -0.754. The second kappa shape index (κ2) is 12.6. The number of nitrogens with zero attached hydrogens (tertiary/aromatic N) is 1. The third-order valence-corrected chi connectivity index (χ3v) is 8.60. The van der Waals surface area contributed by atoms with Gasteiger partial charge in [0.25, 0.3) is 0 Å². The van der Waals surface area contributed by atoms with E-state index in [2.05, 4.69) is 23.3 Å². The number of ether oxygens (including phenoxy) is 1. The lowest BCUT2D eigenvalue weighted by Gasteiger charge is -2.28. The number of benzene rings is 1. The predicted molar refractivity (Wildman–Crippen MR) is 157 cm³/mol. The van der Waals surface area contributed by atoms with E-state index >= 15 is 0 Å². The van der Waals surface area contributed by atoms with Crippen LogP contribution in [0.4, 0.5) is 0 Å². The van der Waals surface area contributed by atoms with Crippen LogP contribution in [-0.2, 0) is 19.1 Å². The topological polar surface area (TPSA) is 129 Å². The molecular formula is C32H43N3O6. The number of methoxy groups -OCH3 is 1. The van der Waals surface area contributed by atoms with Gasteiger partial charge in [-0.25, -0.2) is 4.79 Å². The molecule has 1 aromatic heterocycles. The Labute approximate surface area is 241 Å². The Bertz CT molecular complexity index is 1380. The summed E-state index contributed by atoms with van der Waals surface area (Å²) in [5, 5.41) is 13.7. The van der Waals surface area contributed by atoms with Gasteiger partial charge in [0.2, 0.25) is 11.8 Å². The van der Waals surface area contributed by atoms with Crippen molar-refractivity contribution < 1.29 is 24.2 Å². The van der Waals surface area contributed by atoms with Crippen LogP contribution in [0.25, 0.3) is 10.9 Å². The molecule has 2 fully saturated rings. The van der Waals surface area contributed by atoms with Crippen molar-refractivity contribution in [3.8, 4) is 0 Å². The van der Waals surface area contributed by atoms with Crippen molar-refractivity contribution in [3.05, 3.63) is 57.9 Å². The number of pyridine rings is 1. The van der Waals surface area contributed by atoms with Gasteiger partial charge in [0.15, 0.2) is 5.43 Å². The van der Waals surface area contributed by atoms with Crippen molar-refractivity contribution in [1.82, 2.24) is 15.2 Å².